The Labute approximate surface area is 155 Å². The molecule has 140 valence electrons. The molecule has 1 aliphatic rings. The third-order valence-corrected chi connectivity index (χ3v) is 4.64. The Morgan fingerprint density at radius 1 is 1.22 bits per heavy atom. The van der Waals surface area contributed by atoms with Crippen molar-refractivity contribution in [2.45, 2.75) is 38.7 Å². The van der Waals surface area contributed by atoms with Crippen molar-refractivity contribution in [2.24, 2.45) is 0 Å². The van der Waals surface area contributed by atoms with E-state index in [2.05, 4.69) is 5.32 Å². The van der Waals surface area contributed by atoms with Crippen molar-refractivity contribution in [3.8, 4) is 6.07 Å². The van der Waals surface area contributed by atoms with Crippen molar-refractivity contribution in [3.05, 3.63) is 70.3 Å². The maximum Gasteiger partial charge on any atom is 0.391 e. The molecule has 2 aromatic carbocycles. The molecule has 2 amide bonds. The largest absolute Gasteiger partial charge is 0.391 e. The van der Waals surface area contributed by atoms with Crippen molar-refractivity contribution in [1.29, 1.82) is 5.26 Å². The second-order valence-corrected chi connectivity index (χ2v) is 6.63. The average Bonchev–Trinajstić information content (AvgIpc) is 3.03. The summed E-state index contributed by atoms with van der Waals surface area (Å²) in [5.41, 5.74) is 3.37. The third-order valence-electron chi connectivity index (χ3n) is 4.64. The number of carbonyl (C=O) groups excluding carboxylic acids is 1. The minimum Gasteiger partial charge on any atom is -0.331 e. The lowest BCUT2D eigenvalue weighted by atomic mass is 9.98. The lowest BCUT2D eigenvalue weighted by Gasteiger charge is -2.25. The normalized spacial score (nSPS) is 14.4. The van der Waals surface area contributed by atoms with Gasteiger partial charge in [0.2, 0.25) is 0 Å². The molecular weight excluding hydrogens is 355 g/mol. The van der Waals surface area contributed by atoms with Gasteiger partial charge in [-0.2, -0.15) is 18.4 Å². The predicted molar refractivity (Wildman–Crippen MR) is 93.5 cm³/mol. The number of carbonyl (C=O) groups is 1. The highest BCUT2D eigenvalue weighted by atomic mass is 19.4. The van der Waals surface area contributed by atoms with Gasteiger partial charge >= 0.3 is 12.2 Å². The summed E-state index contributed by atoms with van der Waals surface area (Å²) in [7, 11) is 0. The highest BCUT2D eigenvalue weighted by Crippen LogP contribution is 2.32. The average molecular weight is 373 g/mol. The lowest BCUT2D eigenvalue weighted by Crippen LogP contribution is -2.40. The molecule has 1 aliphatic heterocycles. The van der Waals surface area contributed by atoms with Crippen molar-refractivity contribution in [2.75, 3.05) is 0 Å². The van der Waals surface area contributed by atoms with E-state index in [1.54, 1.807) is 49.4 Å². The van der Waals surface area contributed by atoms with Gasteiger partial charge < -0.3 is 10.2 Å². The molecule has 0 radical (unpaired) electrons. The number of fused-ring (bicyclic) bond motifs is 1. The van der Waals surface area contributed by atoms with Crippen LogP contribution < -0.4 is 5.32 Å². The first-order valence-corrected chi connectivity index (χ1v) is 8.46. The maximum absolute atomic E-state index is 13.1. The van der Waals surface area contributed by atoms with Gasteiger partial charge in [-0.15, -0.1) is 0 Å². The molecule has 27 heavy (non-hydrogen) atoms. The zero-order chi connectivity index (χ0) is 19.6. The fraction of sp³-hybridized carbons (Fsp3) is 0.300. The predicted octanol–water partition coefficient (Wildman–Crippen LogP) is 4.59. The van der Waals surface area contributed by atoms with Gasteiger partial charge in [-0.1, -0.05) is 30.3 Å². The molecule has 2 aromatic rings. The van der Waals surface area contributed by atoms with Gasteiger partial charge in [0.05, 0.1) is 24.1 Å². The third kappa shape index (κ3) is 4.40. The van der Waals surface area contributed by atoms with Gasteiger partial charge in [0, 0.05) is 13.1 Å². The number of benzene rings is 2. The van der Waals surface area contributed by atoms with Gasteiger partial charge in [0.25, 0.3) is 0 Å². The number of amides is 2. The summed E-state index contributed by atoms with van der Waals surface area (Å²) in [6.07, 6.45) is -5.54. The number of rotatable bonds is 3. The summed E-state index contributed by atoms with van der Waals surface area (Å²) in [6, 6.07) is 12.2. The van der Waals surface area contributed by atoms with Gasteiger partial charge in [0.15, 0.2) is 0 Å². The number of hydrogen-bond acceptors (Lipinski definition) is 2. The Balaban J connectivity index is 1.77. The molecule has 1 N–H and O–H groups in total. The molecule has 1 atom stereocenters. The quantitative estimate of drug-likeness (QED) is 0.856. The van der Waals surface area contributed by atoms with E-state index in [-0.39, 0.29) is 6.54 Å². The van der Waals surface area contributed by atoms with Crippen molar-refractivity contribution in [3.63, 3.8) is 0 Å². The van der Waals surface area contributed by atoms with Crippen LogP contribution in [-0.4, -0.2) is 17.1 Å². The van der Waals surface area contributed by atoms with Crippen molar-refractivity contribution in [1.82, 2.24) is 10.2 Å². The highest BCUT2D eigenvalue weighted by Gasteiger charge is 2.35. The second-order valence-electron chi connectivity index (χ2n) is 6.63. The smallest absolute Gasteiger partial charge is 0.331 e. The molecule has 4 nitrogen and oxygen atoms in total. The molecule has 7 heteroatoms. The fourth-order valence-corrected chi connectivity index (χ4v) is 3.30. The summed E-state index contributed by atoms with van der Waals surface area (Å²) in [5.74, 6) is 0. The standard InChI is InChI=1S/C20H18F3N3O/c1-13-4-2-3-5-17(13)18(9-20(21,22)23)25-19(27)26-11-15-7-6-14(10-24)8-16(15)12-26/h2-8,18H,9,11-12H2,1H3,(H,25,27). The summed E-state index contributed by atoms with van der Waals surface area (Å²) in [5, 5.41) is 11.5. The number of nitrogens with zero attached hydrogens (tertiary/aromatic N) is 2. The van der Waals surface area contributed by atoms with Gasteiger partial charge in [-0.05, 0) is 41.3 Å². The van der Waals surface area contributed by atoms with Crippen LogP contribution in [0.1, 0.15) is 40.3 Å². The molecule has 0 fully saturated rings. The van der Waals surface area contributed by atoms with E-state index in [9.17, 15) is 18.0 Å². The molecule has 0 bridgehead atoms. The number of hydrogen-bond donors (Lipinski definition) is 1. The van der Waals surface area contributed by atoms with Crippen LogP contribution >= 0.6 is 0 Å². The summed E-state index contributed by atoms with van der Waals surface area (Å²) < 4.78 is 39.2. The van der Waals surface area contributed by atoms with Crippen LogP contribution in [0.2, 0.25) is 0 Å². The van der Waals surface area contributed by atoms with E-state index >= 15 is 0 Å². The first kappa shape index (κ1) is 18.8. The minimum atomic E-state index is -4.41. The van der Waals surface area contributed by atoms with Crippen LogP contribution in [-0.2, 0) is 13.1 Å². The Bertz CT molecular complexity index is 902. The number of nitrogens with one attached hydrogen (secondary N) is 1. The molecule has 3 rings (SSSR count). The lowest BCUT2D eigenvalue weighted by molar-refractivity contribution is -0.139. The SMILES string of the molecule is Cc1ccccc1C(CC(F)(F)F)NC(=O)N1Cc2ccc(C#N)cc2C1. The second kappa shape index (κ2) is 7.31. The van der Waals surface area contributed by atoms with Crippen LogP contribution in [0, 0.1) is 18.3 Å². The molecule has 0 saturated heterocycles. The Hall–Kier alpha value is -3.01. The number of urea groups is 1. The first-order valence-electron chi connectivity index (χ1n) is 8.46. The van der Waals surface area contributed by atoms with Crippen LogP contribution in [0.4, 0.5) is 18.0 Å². The van der Waals surface area contributed by atoms with E-state index in [4.69, 9.17) is 5.26 Å². The minimum absolute atomic E-state index is 0.267. The molecule has 0 saturated carbocycles. The van der Waals surface area contributed by atoms with Crippen molar-refractivity contribution >= 4 is 6.03 Å². The van der Waals surface area contributed by atoms with Gasteiger partial charge in [-0.25, -0.2) is 4.79 Å². The molecule has 1 heterocycles. The van der Waals surface area contributed by atoms with E-state index in [1.165, 1.54) is 4.90 Å². The molecule has 0 aliphatic carbocycles. The fourth-order valence-electron chi connectivity index (χ4n) is 3.30. The van der Waals surface area contributed by atoms with Gasteiger partial charge in [-0.3, -0.25) is 0 Å². The van der Waals surface area contributed by atoms with Gasteiger partial charge in [0.1, 0.15) is 0 Å². The van der Waals surface area contributed by atoms with E-state index in [1.807, 2.05) is 6.07 Å². The van der Waals surface area contributed by atoms with E-state index in [0.717, 1.165) is 11.1 Å². The van der Waals surface area contributed by atoms with Crippen LogP contribution in [0.5, 0.6) is 0 Å². The highest BCUT2D eigenvalue weighted by molar-refractivity contribution is 5.75. The zero-order valence-electron chi connectivity index (χ0n) is 14.7. The van der Waals surface area contributed by atoms with Crippen LogP contribution in [0.25, 0.3) is 0 Å². The first-order chi connectivity index (χ1) is 12.8. The molecule has 0 spiro atoms. The molecule has 1 unspecified atom stereocenters. The van der Waals surface area contributed by atoms with Crippen molar-refractivity contribution < 1.29 is 18.0 Å². The Morgan fingerprint density at radius 2 is 1.93 bits per heavy atom. The molecule has 0 aromatic heterocycles. The molecular formula is C20H18F3N3O. The van der Waals surface area contributed by atoms with E-state index < -0.39 is 24.7 Å². The maximum atomic E-state index is 13.1. The van der Waals surface area contributed by atoms with Crippen LogP contribution in [0.3, 0.4) is 0 Å². The van der Waals surface area contributed by atoms with Crippen LogP contribution in [0.15, 0.2) is 42.5 Å². The Morgan fingerprint density at radius 3 is 2.59 bits per heavy atom. The summed E-state index contributed by atoms with van der Waals surface area (Å²) in [4.78, 5) is 14.1. The summed E-state index contributed by atoms with van der Waals surface area (Å²) in [6.45, 7) is 2.29. The monoisotopic (exact) mass is 373 g/mol. The summed E-state index contributed by atoms with van der Waals surface area (Å²) >= 11 is 0. The number of nitriles is 1. The Kier molecular flexibility index (Phi) is 5.08. The number of alkyl halides is 3. The zero-order valence-corrected chi connectivity index (χ0v) is 14.7. The topological polar surface area (TPSA) is 56.1 Å². The van der Waals surface area contributed by atoms with E-state index in [0.29, 0.717) is 23.2 Å². The number of halogens is 3. The number of aryl methyl sites for hydroxylation is 1.